The highest BCUT2D eigenvalue weighted by atomic mass is 16.6. The molecule has 1 saturated heterocycles. The number of urea groups is 1. The van der Waals surface area contributed by atoms with Crippen molar-refractivity contribution in [3.05, 3.63) is 117 Å². The molecule has 2 N–H and O–H groups in total. The lowest BCUT2D eigenvalue weighted by Crippen LogP contribution is -2.59. The lowest BCUT2D eigenvalue weighted by atomic mass is 9.68. The molecule has 3 aromatic rings. The van der Waals surface area contributed by atoms with Crippen molar-refractivity contribution in [2.24, 2.45) is 0 Å². The Bertz CT molecular complexity index is 1530. The Morgan fingerprint density at radius 3 is 2.09 bits per heavy atom. The summed E-state index contributed by atoms with van der Waals surface area (Å²) in [4.78, 5) is 53.5. The lowest BCUT2D eigenvalue weighted by molar-refractivity contribution is -0.384. The van der Waals surface area contributed by atoms with Crippen LogP contribution in [0, 0.1) is 10.1 Å². The summed E-state index contributed by atoms with van der Waals surface area (Å²) in [6.45, 7) is 3.97. The first-order valence-corrected chi connectivity index (χ1v) is 15.0. The number of non-ortho nitro benzene ring substituents is 1. The zero-order chi connectivity index (χ0) is 32.0. The zero-order valence-electron chi connectivity index (χ0n) is 25.4. The second-order valence-corrected chi connectivity index (χ2v) is 11.3. The molecule has 3 aromatic carbocycles. The fourth-order valence-electron chi connectivity index (χ4n) is 6.41. The monoisotopic (exact) mass is 611 g/mol. The molecule has 0 aliphatic carbocycles. The van der Waals surface area contributed by atoms with Gasteiger partial charge in [-0.15, -0.1) is 0 Å². The molecule has 45 heavy (non-hydrogen) atoms. The molecule has 1 fully saturated rings. The molecule has 234 valence electrons. The van der Waals surface area contributed by atoms with E-state index in [0.717, 1.165) is 25.9 Å². The van der Waals surface area contributed by atoms with Crippen LogP contribution >= 0.6 is 0 Å². The number of benzene rings is 3. The molecule has 1 atom stereocenters. The first kappa shape index (κ1) is 31.4. The number of amides is 3. The average molecular weight is 612 g/mol. The topological polar surface area (TPSA) is 134 Å². The number of hydrogen-bond donors (Lipinski definition) is 2. The molecule has 0 spiro atoms. The third-order valence-corrected chi connectivity index (χ3v) is 8.74. The maximum atomic E-state index is 13.9. The van der Waals surface area contributed by atoms with Crippen molar-refractivity contribution in [2.75, 3.05) is 31.6 Å². The number of esters is 1. The number of likely N-dealkylation sites (tertiary alicyclic amines) is 1. The Kier molecular flexibility index (Phi) is 9.58. The summed E-state index contributed by atoms with van der Waals surface area (Å²) in [7, 11) is 1.22. The number of allylic oxidation sites excluding steroid dienone is 1. The number of rotatable bonds is 10. The number of nitrogens with one attached hydrogen (secondary N) is 2. The number of nitrogens with zero attached hydrogens (tertiary/aromatic N) is 3. The molecule has 2 aliphatic heterocycles. The molecule has 0 radical (unpaired) electrons. The molecule has 5 rings (SSSR count). The minimum absolute atomic E-state index is 0.0676. The van der Waals surface area contributed by atoms with E-state index in [1.54, 1.807) is 6.92 Å². The van der Waals surface area contributed by atoms with Crippen LogP contribution in [-0.4, -0.2) is 60.6 Å². The van der Waals surface area contributed by atoms with E-state index in [1.165, 1.54) is 47.4 Å². The van der Waals surface area contributed by atoms with E-state index in [-0.39, 0.29) is 34.7 Å². The van der Waals surface area contributed by atoms with Crippen LogP contribution in [0.2, 0.25) is 0 Å². The molecular weight excluding hydrogens is 574 g/mol. The highest BCUT2D eigenvalue weighted by molar-refractivity contribution is 6.01. The molecule has 11 heteroatoms. The van der Waals surface area contributed by atoms with Gasteiger partial charge in [-0.05, 0) is 69.1 Å². The molecule has 0 aromatic heterocycles. The van der Waals surface area contributed by atoms with Gasteiger partial charge >= 0.3 is 12.0 Å². The summed E-state index contributed by atoms with van der Waals surface area (Å²) in [5, 5.41) is 16.5. The number of piperidine rings is 1. The summed E-state index contributed by atoms with van der Waals surface area (Å²) in [6, 6.07) is 26.1. The van der Waals surface area contributed by atoms with Crippen molar-refractivity contribution in [1.82, 2.24) is 15.5 Å². The van der Waals surface area contributed by atoms with Gasteiger partial charge in [0.05, 0.1) is 17.6 Å². The summed E-state index contributed by atoms with van der Waals surface area (Å²) in [5.74, 6) is -1.05. The number of methoxy groups -OCH3 is 1. The van der Waals surface area contributed by atoms with Crippen LogP contribution in [-0.2, 0) is 19.7 Å². The van der Waals surface area contributed by atoms with Crippen LogP contribution in [0.3, 0.4) is 0 Å². The third kappa shape index (κ3) is 6.73. The maximum absolute atomic E-state index is 13.9. The summed E-state index contributed by atoms with van der Waals surface area (Å²) in [6.07, 6.45) is 1.40. The van der Waals surface area contributed by atoms with E-state index in [4.69, 9.17) is 4.74 Å². The van der Waals surface area contributed by atoms with Gasteiger partial charge in [-0.3, -0.25) is 19.8 Å². The molecule has 11 nitrogen and oxygen atoms in total. The fraction of sp³-hybridized carbons (Fsp3) is 0.324. The van der Waals surface area contributed by atoms with Crippen LogP contribution in [0.1, 0.15) is 43.7 Å². The van der Waals surface area contributed by atoms with Gasteiger partial charge in [-0.25, -0.2) is 9.59 Å². The van der Waals surface area contributed by atoms with Gasteiger partial charge in [-0.1, -0.05) is 60.7 Å². The Morgan fingerprint density at radius 2 is 1.56 bits per heavy atom. The lowest BCUT2D eigenvalue weighted by Gasteiger charge is -2.43. The molecule has 2 aliphatic rings. The Morgan fingerprint density at radius 1 is 0.978 bits per heavy atom. The number of anilines is 1. The van der Waals surface area contributed by atoms with Gasteiger partial charge in [0.15, 0.2) is 0 Å². The van der Waals surface area contributed by atoms with Crippen molar-refractivity contribution < 1.29 is 24.0 Å². The van der Waals surface area contributed by atoms with Crippen molar-refractivity contribution >= 4 is 29.3 Å². The van der Waals surface area contributed by atoms with Crippen LogP contribution in [0.4, 0.5) is 16.2 Å². The summed E-state index contributed by atoms with van der Waals surface area (Å²) < 4.78 is 4.96. The van der Waals surface area contributed by atoms with Gasteiger partial charge in [0, 0.05) is 35.4 Å². The Hall–Kier alpha value is -5.03. The van der Waals surface area contributed by atoms with Gasteiger partial charge in [0.2, 0.25) is 5.91 Å². The number of carbonyl (C=O) groups excluding carboxylic acids is 3. The van der Waals surface area contributed by atoms with E-state index in [2.05, 4.69) is 64.1 Å². The second kappa shape index (κ2) is 13.7. The van der Waals surface area contributed by atoms with E-state index in [0.29, 0.717) is 18.7 Å². The van der Waals surface area contributed by atoms with Gasteiger partial charge in [-0.2, -0.15) is 0 Å². The Labute approximate surface area is 262 Å². The first-order chi connectivity index (χ1) is 21.7. The molecular formula is C34H37N5O6. The third-order valence-electron chi connectivity index (χ3n) is 8.74. The maximum Gasteiger partial charge on any atom is 0.339 e. The van der Waals surface area contributed by atoms with Crippen molar-refractivity contribution in [3.63, 3.8) is 0 Å². The van der Waals surface area contributed by atoms with Crippen LogP contribution in [0.25, 0.3) is 0 Å². The van der Waals surface area contributed by atoms with E-state index < -0.39 is 23.1 Å². The summed E-state index contributed by atoms with van der Waals surface area (Å²) in [5.41, 5.74) is 3.01. The largest absolute Gasteiger partial charge is 0.465 e. The van der Waals surface area contributed by atoms with Crippen LogP contribution < -0.4 is 15.5 Å². The van der Waals surface area contributed by atoms with Crippen LogP contribution in [0.5, 0.6) is 0 Å². The van der Waals surface area contributed by atoms with E-state index in [1.807, 2.05) is 12.1 Å². The SMILES string of the molecule is COC(=O)C1=C(C)NC(=O)NC1N(C(=O)CCCN1CCC(c2ccccc2)(c2ccccc2)CC1)c1ccc([N+](=O)[O-])cc1. The number of hydrogen-bond acceptors (Lipinski definition) is 7. The van der Waals surface area contributed by atoms with Gasteiger partial charge in [0.1, 0.15) is 6.17 Å². The second-order valence-electron chi connectivity index (χ2n) is 11.3. The number of ether oxygens (including phenoxy) is 1. The summed E-state index contributed by atoms with van der Waals surface area (Å²) >= 11 is 0. The molecule has 2 heterocycles. The average Bonchev–Trinajstić information content (AvgIpc) is 3.06. The zero-order valence-corrected chi connectivity index (χ0v) is 25.4. The molecule has 0 bridgehead atoms. The van der Waals surface area contributed by atoms with Crippen molar-refractivity contribution in [2.45, 2.75) is 44.2 Å². The highest BCUT2D eigenvalue weighted by Crippen LogP contribution is 2.41. The molecule has 1 unspecified atom stereocenters. The van der Waals surface area contributed by atoms with Gasteiger partial charge in [0.25, 0.3) is 5.69 Å². The predicted octanol–water partition coefficient (Wildman–Crippen LogP) is 4.88. The predicted molar refractivity (Wildman–Crippen MR) is 169 cm³/mol. The van der Waals surface area contributed by atoms with Gasteiger partial charge < -0.3 is 20.3 Å². The highest BCUT2D eigenvalue weighted by Gasteiger charge is 2.39. The number of carbonyl (C=O) groups is 3. The fourth-order valence-corrected chi connectivity index (χ4v) is 6.41. The normalized spacial score (nSPS) is 18.0. The van der Waals surface area contributed by atoms with Crippen LogP contribution in [0.15, 0.2) is 96.2 Å². The minimum Gasteiger partial charge on any atom is -0.465 e. The molecule has 0 saturated carbocycles. The number of nitro groups is 1. The van der Waals surface area contributed by atoms with Crippen molar-refractivity contribution in [1.29, 1.82) is 0 Å². The molecule has 3 amide bonds. The first-order valence-electron chi connectivity index (χ1n) is 15.0. The number of nitro benzene ring substituents is 1. The standard InChI is InChI=1S/C34H37N5O6/c1-24-30(32(41)45-2)31(36-33(42)35-24)38(27-15-17-28(18-16-27)39(43)44)29(40)14-9-21-37-22-19-34(20-23-37,25-10-5-3-6-11-25)26-12-7-4-8-13-26/h3-8,10-13,15-18,31H,9,14,19-23H2,1-2H3,(H2,35,36,42). The quantitative estimate of drug-likeness (QED) is 0.190. The van der Waals surface area contributed by atoms with E-state index in [9.17, 15) is 24.5 Å². The smallest absolute Gasteiger partial charge is 0.339 e. The van der Waals surface area contributed by atoms with Crippen molar-refractivity contribution in [3.8, 4) is 0 Å². The minimum atomic E-state index is -1.16. The Balaban J connectivity index is 1.31. The van der Waals surface area contributed by atoms with E-state index >= 15 is 0 Å².